The van der Waals surface area contributed by atoms with E-state index in [9.17, 15) is 9.18 Å². The van der Waals surface area contributed by atoms with E-state index in [1.165, 1.54) is 12.1 Å². The Balaban J connectivity index is 1.76. The second-order valence-electron chi connectivity index (χ2n) is 4.40. The van der Waals surface area contributed by atoms with Gasteiger partial charge in [-0.15, -0.1) is 5.10 Å². The minimum Gasteiger partial charge on any atom is -0.317 e. The van der Waals surface area contributed by atoms with E-state index in [4.69, 9.17) is 0 Å². The van der Waals surface area contributed by atoms with Crippen molar-refractivity contribution in [1.29, 1.82) is 0 Å². The Labute approximate surface area is 116 Å². The number of halogens is 2. The first-order valence-corrected chi connectivity index (χ1v) is 6.61. The summed E-state index contributed by atoms with van der Waals surface area (Å²) in [5.74, 6) is 0.106. The lowest BCUT2D eigenvalue weighted by atomic mass is 10.3. The summed E-state index contributed by atoms with van der Waals surface area (Å²) in [6.07, 6.45) is 2.13. The molecule has 1 heterocycles. The fourth-order valence-electron chi connectivity index (χ4n) is 1.68. The highest BCUT2D eigenvalue weighted by Gasteiger charge is 2.28. The molecule has 1 aliphatic rings. The number of carbonyl (C=O) groups is 1. The van der Waals surface area contributed by atoms with Gasteiger partial charge in [0.15, 0.2) is 0 Å². The van der Waals surface area contributed by atoms with Crippen LogP contribution in [0.4, 0.5) is 10.1 Å². The third kappa shape index (κ3) is 2.65. The molecule has 0 saturated heterocycles. The molecule has 2 N–H and O–H groups in total. The molecule has 98 valence electrons. The van der Waals surface area contributed by atoms with Crippen molar-refractivity contribution in [1.82, 2.24) is 15.2 Å². The zero-order valence-electron chi connectivity index (χ0n) is 9.78. The first-order valence-electron chi connectivity index (χ1n) is 5.82. The van der Waals surface area contributed by atoms with Crippen LogP contribution in [0.5, 0.6) is 0 Å². The molecule has 1 fully saturated rings. The Morgan fingerprint density at radius 1 is 1.47 bits per heavy atom. The minimum absolute atomic E-state index is 0.0317. The molecule has 0 atom stereocenters. The van der Waals surface area contributed by atoms with Gasteiger partial charge < -0.3 is 5.32 Å². The van der Waals surface area contributed by atoms with Gasteiger partial charge in [0, 0.05) is 10.4 Å². The molecule has 7 heteroatoms. The number of aromatic nitrogens is 3. The van der Waals surface area contributed by atoms with Gasteiger partial charge >= 0.3 is 0 Å². The van der Waals surface area contributed by atoms with Gasteiger partial charge in [0.2, 0.25) is 5.82 Å². The van der Waals surface area contributed by atoms with E-state index < -0.39 is 11.7 Å². The van der Waals surface area contributed by atoms with E-state index in [-0.39, 0.29) is 11.5 Å². The summed E-state index contributed by atoms with van der Waals surface area (Å²) < 4.78 is 14.2. The molecule has 1 amide bonds. The maximum atomic E-state index is 13.6. The number of H-pyrrole nitrogens is 1. The molecule has 2 aromatic rings. The Morgan fingerprint density at radius 2 is 2.26 bits per heavy atom. The first-order chi connectivity index (χ1) is 9.13. The van der Waals surface area contributed by atoms with Crippen LogP contribution in [0.15, 0.2) is 22.7 Å². The molecule has 0 unspecified atom stereocenters. The number of amides is 1. The van der Waals surface area contributed by atoms with Crippen LogP contribution in [-0.2, 0) is 0 Å². The number of carbonyl (C=O) groups excluding carboxylic acids is 1. The molecular weight excluding hydrogens is 315 g/mol. The predicted octanol–water partition coefficient (Wildman–Crippen LogP) is 2.84. The minimum atomic E-state index is -0.524. The molecule has 1 aromatic heterocycles. The van der Waals surface area contributed by atoms with E-state index >= 15 is 0 Å². The molecule has 0 aliphatic heterocycles. The highest BCUT2D eigenvalue weighted by molar-refractivity contribution is 9.10. The van der Waals surface area contributed by atoms with E-state index in [1.54, 1.807) is 6.07 Å². The summed E-state index contributed by atoms with van der Waals surface area (Å²) in [4.78, 5) is 16.0. The summed E-state index contributed by atoms with van der Waals surface area (Å²) >= 11 is 3.15. The van der Waals surface area contributed by atoms with Crippen molar-refractivity contribution in [2.45, 2.75) is 18.8 Å². The van der Waals surface area contributed by atoms with Crippen LogP contribution in [0.3, 0.4) is 0 Å². The van der Waals surface area contributed by atoms with E-state index in [0.717, 1.165) is 18.7 Å². The Hall–Kier alpha value is -1.76. The van der Waals surface area contributed by atoms with Gasteiger partial charge in [-0.3, -0.25) is 9.89 Å². The quantitative estimate of drug-likeness (QED) is 0.912. The monoisotopic (exact) mass is 324 g/mol. The zero-order valence-corrected chi connectivity index (χ0v) is 11.4. The van der Waals surface area contributed by atoms with Crippen molar-refractivity contribution in [3.05, 3.63) is 40.1 Å². The number of aromatic amines is 1. The molecule has 0 spiro atoms. The maximum absolute atomic E-state index is 13.6. The summed E-state index contributed by atoms with van der Waals surface area (Å²) in [5, 5.41) is 9.02. The van der Waals surface area contributed by atoms with Gasteiger partial charge in [-0.25, -0.2) is 9.37 Å². The lowest BCUT2D eigenvalue weighted by molar-refractivity contribution is 0.101. The number of hydrogen-bond donors (Lipinski definition) is 2. The second kappa shape index (κ2) is 4.73. The summed E-state index contributed by atoms with van der Waals surface area (Å²) in [6, 6.07) is 4.40. The number of hydrogen-bond acceptors (Lipinski definition) is 3. The van der Waals surface area contributed by atoms with Gasteiger partial charge in [-0.05, 0) is 31.0 Å². The topological polar surface area (TPSA) is 70.7 Å². The van der Waals surface area contributed by atoms with Crippen LogP contribution in [0.2, 0.25) is 0 Å². The van der Waals surface area contributed by atoms with Crippen LogP contribution < -0.4 is 5.32 Å². The van der Waals surface area contributed by atoms with Crippen LogP contribution in [0, 0.1) is 5.82 Å². The number of nitrogens with zero attached hydrogens (tertiary/aromatic N) is 2. The Morgan fingerprint density at radius 3 is 2.95 bits per heavy atom. The second-order valence-corrected chi connectivity index (χ2v) is 5.31. The fourth-order valence-corrected chi connectivity index (χ4v) is 2.02. The molecule has 0 radical (unpaired) electrons. The van der Waals surface area contributed by atoms with Crippen molar-refractivity contribution < 1.29 is 9.18 Å². The van der Waals surface area contributed by atoms with Gasteiger partial charge in [-0.2, -0.15) is 0 Å². The standard InChI is InChI=1S/C12H10BrFN4O/c13-7-3-4-9(8(14)5-7)15-12(19)11-16-10(17-18-11)6-1-2-6/h3-6H,1-2H2,(H,15,19)(H,16,17,18). The van der Waals surface area contributed by atoms with Crippen LogP contribution in [-0.4, -0.2) is 21.1 Å². The average Bonchev–Trinajstić information content (AvgIpc) is 3.10. The van der Waals surface area contributed by atoms with Crippen molar-refractivity contribution in [3.8, 4) is 0 Å². The van der Waals surface area contributed by atoms with Gasteiger partial charge in [-0.1, -0.05) is 15.9 Å². The van der Waals surface area contributed by atoms with E-state index in [2.05, 4.69) is 36.4 Å². The number of rotatable bonds is 3. The maximum Gasteiger partial charge on any atom is 0.295 e. The molecule has 1 aromatic carbocycles. The average molecular weight is 325 g/mol. The van der Waals surface area contributed by atoms with Gasteiger partial charge in [0.25, 0.3) is 5.91 Å². The smallest absolute Gasteiger partial charge is 0.295 e. The van der Waals surface area contributed by atoms with Crippen molar-refractivity contribution in [2.75, 3.05) is 5.32 Å². The lowest BCUT2D eigenvalue weighted by Gasteiger charge is -2.04. The van der Waals surface area contributed by atoms with Crippen molar-refractivity contribution >= 4 is 27.5 Å². The predicted molar refractivity (Wildman–Crippen MR) is 70.4 cm³/mol. The van der Waals surface area contributed by atoms with E-state index in [1.807, 2.05) is 0 Å². The van der Waals surface area contributed by atoms with Crippen LogP contribution >= 0.6 is 15.9 Å². The Kier molecular flexibility index (Phi) is 3.06. The van der Waals surface area contributed by atoms with Crippen molar-refractivity contribution in [3.63, 3.8) is 0 Å². The highest BCUT2D eigenvalue weighted by atomic mass is 79.9. The fraction of sp³-hybridized carbons (Fsp3) is 0.250. The summed E-state index contributed by atoms with van der Waals surface area (Å²) in [6.45, 7) is 0. The highest BCUT2D eigenvalue weighted by Crippen LogP contribution is 2.37. The molecule has 3 rings (SSSR count). The lowest BCUT2D eigenvalue weighted by Crippen LogP contribution is -2.14. The third-order valence-corrected chi connectivity index (χ3v) is 3.34. The zero-order chi connectivity index (χ0) is 13.4. The number of nitrogens with one attached hydrogen (secondary N) is 2. The summed E-state index contributed by atoms with van der Waals surface area (Å²) in [7, 11) is 0. The van der Waals surface area contributed by atoms with Crippen molar-refractivity contribution in [2.24, 2.45) is 0 Å². The first kappa shape index (κ1) is 12.3. The van der Waals surface area contributed by atoms with Gasteiger partial charge in [0.1, 0.15) is 11.6 Å². The largest absolute Gasteiger partial charge is 0.317 e. The molecule has 1 saturated carbocycles. The SMILES string of the molecule is O=C(Nc1ccc(Br)cc1F)c1n[nH]c(C2CC2)n1. The van der Waals surface area contributed by atoms with Gasteiger partial charge in [0.05, 0.1) is 5.69 Å². The molecule has 19 heavy (non-hydrogen) atoms. The van der Waals surface area contributed by atoms with Crippen LogP contribution in [0.1, 0.15) is 35.2 Å². The van der Waals surface area contributed by atoms with Crippen LogP contribution in [0.25, 0.3) is 0 Å². The molecular formula is C12H10BrFN4O. The molecule has 5 nitrogen and oxygen atoms in total. The normalized spacial score (nSPS) is 14.4. The van der Waals surface area contributed by atoms with E-state index in [0.29, 0.717) is 10.4 Å². The number of benzene rings is 1. The molecule has 1 aliphatic carbocycles. The number of anilines is 1. The third-order valence-electron chi connectivity index (χ3n) is 2.85. The summed E-state index contributed by atoms with van der Waals surface area (Å²) in [5.41, 5.74) is 0.103. The molecule has 0 bridgehead atoms. The Bertz CT molecular complexity index is 638.